The zero-order valence-corrected chi connectivity index (χ0v) is 9.07. The molecule has 2 radical (unpaired) electrons. The molecule has 0 saturated heterocycles. The molecule has 0 aliphatic carbocycles. The summed E-state index contributed by atoms with van der Waals surface area (Å²) in [5, 5.41) is 0. The second-order valence-electron chi connectivity index (χ2n) is 2.64. The molecule has 0 N–H and O–H groups in total. The Balaban J connectivity index is 1.96. The highest BCUT2D eigenvalue weighted by Gasteiger charge is 1.94. The summed E-state index contributed by atoms with van der Waals surface area (Å²) in [6, 6.07) is 22.0. The van der Waals surface area contributed by atoms with Crippen LogP contribution in [0.5, 0.6) is 0 Å². The van der Waals surface area contributed by atoms with Crippen LogP contribution in [0.4, 0.5) is 0 Å². The van der Waals surface area contributed by atoms with Gasteiger partial charge >= 0.3 is 0 Å². The first-order chi connectivity index (χ1) is 6.95. The summed E-state index contributed by atoms with van der Waals surface area (Å²) < 4.78 is 0. The van der Waals surface area contributed by atoms with Crippen LogP contribution in [0.25, 0.3) is 0 Å². The summed E-state index contributed by atoms with van der Waals surface area (Å²) in [6.45, 7) is 0. The standard InChI is InChI=1S/C12H8S2/c1-3-7-11(8-4-1)13-14-12-9-5-2-6-10-12/h3-10H. The van der Waals surface area contributed by atoms with Crippen molar-refractivity contribution in [2.45, 2.75) is 9.79 Å². The molecule has 0 amide bonds. The predicted octanol–water partition coefficient (Wildman–Crippen LogP) is 4.09. The molecule has 2 aromatic carbocycles. The minimum absolute atomic E-state index is 1.25. The van der Waals surface area contributed by atoms with Crippen molar-refractivity contribution >= 4 is 21.6 Å². The molecule has 0 aliphatic rings. The lowest BCUT2D eigenvalue weighted by Gasteiger charge is -1.99. The van der Waals surface area contributed by atoms with Crippen molar-refractivity contribution in [2.24, 2.45) is 0 Å². The van der Waals surface area contributed by atoms with Gasteiger partial charge in [-0.25, -0.2) is 0 Å². The highest BCUT2D eigenvalue weighted by molar-refractivity contribution is 8.76. The quantitative estimate of drug-likeness (QED) is 0.709. The number of hydrogen-bond donors (Lipinski definition) is 0. The topological polar surface area (TPSA) is 0 Å². The molecular formula is C12H8S2. The van der Waals surface area contributed by atoms with E-state index in [1.54, 1.807) is 21.6 Å². The van der Waals surface area contributed by atoms with E-state index in [1.807, 2.05) is 24.3 Å². The molecule has 0 bridgehead atoms. The van der Waals surface area contributed by atoms with Crippen molar-refractivity contribution in [2.75, 3.05) is 0 Å². The van der Waals surface area contributed by atoms with Crippen LogP contribution in [0.1, 0.15) is 0 Å². The van der Waals surface area contributed by atoms with Crippen LogP contribution in [-0.4, -0.2) is 0 Å². The Morgan fingerprint density at radius 3 is 1.36 bits per heavy atom. The lowest BCUT2D eigenvalue weighted by atomic mass is 10.4. The minimum atomic E-state index is 1.25. The van der Waals surface area contributed by atoms with Gasteiger partial charge in [0, 0.05) is 9.79 Å². The number of rotatable bonds is 3. The molecule has 0 aliphatic heterocycles. The summed E-state index contributed by atoms with van der Waals surface area (Å²) in [5.74, 6) is 0. The molecule has 0 unspecified atom stereocenters. The molecule has 2 heteroatoms. The van der Waals surface area contributed by atoms with Crippen LogP contribution in [0.2, 0.25) is 0 Å². The van der Waals surface area contributed by atoms with Gasteiger partial charge in [0.05, 0.1) is 0 Å². The third-order valence-electron chi connectivity index (χ3n) is 1.61. The van der Waals surface area contributed by atoms with Gasteiger partial charge in [-0.15, -0.1) is 0 Å². The van der Waals surface area contributed by atoms with E-state index in [4.69, 9.17) is 0 Å². The van der Waals surface area contributed by atoms with Gasteiger partial charge < -0.3 is 0 Å². The first-order valence-electron chi connectivity index (χ1n) is 4.22. The average Bonchev–Trinajstić information content (AvgIpc) is 2.29. The van der Waals surface area contributed by atoms with Crippen LogP contribution in [-0.2, 0) is 0 Å². The second kappa shape index (κ2) is 5.13. The van der Waals surface area contributed by atoms with Crippen LogP contribution in [0.3, 0.4) is 0 Å². The normalized spacial score (nSPS) is 10.0. The zero-order chi connectivity index (χ0) is 9.64. The molecule has 2 rings (SSSR count). The molecule has 14 heavy (non-hydrogen) atoms. The summed E-state index contributed by atoms with van der Waals surface area (Å²) in [5.41, 5.74) is 0. The van der Waals surface area contributed by atoms with Gasteiger partial charge in [-0.3, -0.25) is 0 Å². The Morgan fingerprint density at radius 1 is 0.643 bits per heavy atom. The van der Waals surface area contributed by atoms with E-state index in [0.717, 1.165) is 0 Å². The molecule has 68 valence electrons. The van der Waals surface area contributed by atoms with E-state index in [0.29, 0.717) is 0 Å². The van der Waals surface area contributed by atoms with Crippen molar-refractivity contribution in [3.63, 3.8) is 0 Å². The smallest absolute Gasteiger partial charge is 0.0186 e. The zero-order valence-electron chi connectivity index (χ0n) is 7.44. The molecule has 0 fully saturated rings. The predicted molar refractivity (Wildman–Crippen MR) is 62.3 cm³/mol. The van der Waals surface area contributed by atoms with Gasteiger partial charge in [0.1, 0.15) is 0 Å². The first-order valence-corrected chi connectivity index (χ1v) is 6.37. The molecule has 0 spiro atoms. The lowest BCUT2D eigenvalue weighted by molar-refractivity contribution is 1.46. The van der Waals surface area contributed by atoms with Crippen LogP contribution < -0.4 is 0 Å². The minimum Gasteiger partial charge on any atom is -0.0532 e. The SMILES string of the molecule is [c]1ccc(SSc2cc[c]cc2)cc1. The van der Waals surface area contributed by atoms with Crippen molar-refractivity contribution in [1.29, 1.82) is 0 Å². The maximum Gasteiger partial charge on any atom is 0.0186 e. The molecule has 0 nitrogen and oxygen atoms in total. The fourth-order valence-corrected chi connectivity index (χ4v) is 2.88. The van der Waals surface area contributed by atoms with E-state index in [1.165, 1.54) is 9.79 Å². The average molecular weight is 216 g/mol. The fraction of sp³-hybridized carbons (Fsp3) is 0. The van der Waals surface area contributed by atoms with Gasteiger partial charge in [0.25, 0.3) is 0 Å². The summed E-state index contributed by atoms with van der Waals surface area (Å²) in [4.78, 5) is 2.50. The fourth-order valence-electron chi connectivity index (χ4n) is 0.951. The van der Waals surface area contributed by atoms with Crippen LogP contribution in [0.15, 0.2) is 58.3 Å². The molecule has 0 heterocycles. The second-order valence-corrected chi connectivity index (χ2v) is 4.91. The van der Waals surface area contributed by atoms with Crippen LogP contribution >= 0.6 is 21.6 Å². The molecule has 0 saturated carbocycles. The van der Waals surface area contributed by atoms with E-state index < -0.39 is 0 Å². The monoisotopic (exact) mass is 216 g/mol. The van der Waals surface area contributed by atoms with E-state index in [2.05, 4.69) is 36.4 Å². The Labute approximate surface area is 92.1 Å². The van der Waals surface area contributed by atoms with Crippen LogP contribution in [0, 0.1) is 12.1 Å². The highest BCUT2D eigenvalue weighted by atomic mass is 33.1. The van der Waals surface area contributed by atoms with E-state index in [-0.39, 0.29) is 0 Å². The molecule has 0 atom stereocenters. The molecule has 0 aromatic heterocycles. The Morgan fingerprint density at radius 2 is 1.00 bits per heavy atom. The molecular weight excluding hydrogens is 208 g/mol. The van der Waals surface area contributed by atoms with Gasteiger partial charge in [-0.05, 0) is 36.4 Å². The third-order valence-corrected chi connectivity index (χ3v) is 4.03. The van der Waals surface area contributed by atoms with Gasteiger partial charge in [-0.2, -0.15) is 0 Å². The van der Waals surface area contributed by atoms with Crippen molar-refractivity contribution < 1.29 is 0 Å². The lowest BCUT2D eigenvalue weighted by Crippen LogP contribution is -1.67. The summed E-state index contributed by atoms with van der Waals surface area (Å²) in [6.07, 6.45) is 0. The number of benzene rings is 2. The van der Waals surface area contributed by atoms with Crippen molar-refractivity contribution in [1.82, 2.24) is 0 Å². The van der Waals surface area contributed by atoms with Gasteiger partial charge in [0.15, 0.2) is 0 Å². The Kier molecular flexibility index (Phi) is 3.55. The van der Waals surface area contributed by atoms with E-state index in [9.17, 15) is 0 Å². The maximum atomic E-state index is 3.00. The van der Waals surface area contributed by atoms with Gasteiger partial charge in [0.2, 0.25) is 0 Å². The van der Waals surface area contributed by atoms with Crippen molar-refractivity contribution in [3.05, 3.63) is 60.7 Å². The Bertz CT molecular complexity index is 331. The van der Waals surface area contributed by atoms with E-state index >= 15 is 0 Å². The largest absolute Gasteiger partial charge is 0.0532 e. The summed E-state index contributed by atoms with van der Waals surface area (Å²) in [7, 11) is 3.51. The maximum absolute atomic E-state index is 3.00. The van der Waals surface area contributed by atoms with Crippen molar-refractivity contribution in [3.8, 4) is 0 Å². The van der Waals surface area contributed by atoms with Gasteiger partial charge in [-0.1, -0.05) is 45.9 Å². The Hall–Kier alpha value is -0.860. The highest BCUT2D eigenvalue weighted by Crippen LogP contribution is 2.36. The third kappa shape index (κ3) is 2.82. The summed E-state index contributed by atoms with van der Waals surface area (Å²) >= 11 is 0. The first kappa shape index (κ1) is 9.69. The molecule has 2 aromatic rings. The number of hydrogen-bond acceptors (Lipinski definition) is 2.